The molecule has 0 amide bonds. The minimum absolute atomic E-state index is 0.332. The molecule has 1 aromatic heterocycles. The average Bonchev–Trinajstić information content (AvgIpc) is 2.89. The van der Waals surface area contributed by atoms with Gasteiger partial charge in [-0.1, -0.05) is 6.07 Å². The molecule has 0 radical (unpaired) electrons. The second kappa shape index (κ2) is 5.29. The van der Waals surface area contributed by atoms with Crippen LogP contribution >= 0.6 is 0 Å². The van der Waals surface area contributed by atoms with Gasteiger partial charge in [0.05, 0.1) is 24.3 Å². The van der Waals surface area contributed by atoms with E-state index in [1.54, 1.807) is 13.2 Å². The maximum absolute atomic E-state index is 13.5. The SMILES string of the molecule is COc1cccc2c1ccn2Cc1cc(F)cc(C#N)c1. The first-order chi connectivity index (χ1) is 10.2. The van der Waals surface area contributed by atoms with Crippen molar-refractivity contribution in [1.82, 2.24) is 4.57 Å². The van der Waals surface area contributed by atoms with E-state index in [1.807, 2.05) is 41.1 Å². The summed E-state index contributed by atoms with van der Waals surface area (Å²) in [6.07, 6.45) is 1.93. The standard InChI is InChI=1S/C17H13FN2O/c1-21-17-4-2-3-16-15(17)5-6-20(16)11-13-7-12(10-19)8-14(18)9-13/h2-9H,11H2,1H3. The van der Waals surface area contributed by atoms with E-state index >= 15 is 0 Å². The van der Waals surface area contributed by atoms with Gasteiger partial charge in [-0.2, -0.15) is 5.26 Å². The molecule has 0 fully saturated rings. The number of ether oxygens (including phenoxy) is 1. The fourth-order valence-corrected chi connectivity index (χ4v) is 2.51. The van der Waals surface area contributed by atoms with Crippen LogP contribution in [-0.4, -0.2) is 11.7 Å². The van der Waals surface area contributed by atoms with Gasteiger partial charge in [-0.05, 0) is 42.0 Å². The lowest BCUT2D eigenvalue weighted by atomic mass is 10.1. The topological polar surface area (TPSA) is 38.0 Å². The Labute approximate surface area is 121 Å². The normalized spacial score (nSPS) is 10.5. The van der Waals surface area contributed by atoms with Crippen molar-refractivity contribution >= 4 is 10.9 Å². The average molecular weight is 280 g/mol. The lowest BCUT2D eigenvalue weighted by molar-refractivity contribution is 0.420. The van der Waals surface area contributed by atoms with Crippen molar-refractivity contribution in [2.45, 2.75) is 6.54 Å². The van der Waals surface area contributed by atoms with Crippen molar-refractivity contribution in [3.8, 4) is 11.8 Å². The Hall–Kier alpha value is -2.80. The van der Waals surface area contributed by atoms with E-state index in [2.05, 4.69) is 0 Å². The smallest absolute Gasteiger partial charge is 0.128 e. The van der Waals surface area contributed by atoms with Crippen molar-refractivity contribution in [1.29, 1.82) is 5.26 Å². The zero-order chi connectivity index (χ0) is 14.8. The molecule has 3 aromatic rings. The summed E-state index contributed by atoms with van der Waals surface area (Å²) in [6.45, 7) is 0.503. The van der Waals surface area contributed by atoms with E-state index in [0.29, 0.717) is 12.1 Å². The number of rotatable bonds is 3. The molecule has 0 aliphatic rings. The number of hydrogen-bond donors (Lipinski definition) is 0. The van der Waals surface area contributed by atoms with Crippen molar-refractivity contribution in [2.75, 3.05) is 7.11 Å². The van der Waals surface area contributed by atoms with Gasteiger partial charge in [0.15, 0.2) is 0 Å². The summed E-state index contributed by atoms with van der Waals surface area (Å²) in [4.78, 5) is 0. The largest absolute Gasteiger partial charge is 0.496 e. The van der Waals surface area contributed by atoms with Crippen LogP contribution < -0.4 is 4.74 Å². The van der Waals surface area contributed by atoms with Gasteiger partial charge in [-0.15, -0.1) is 0 Å². The Balaban J connectivity index is 2.03. The van der Waals surface area contributed by atoms with Gasteiger partial charge in [-0.3, -0.25) is 0 Å². The van der Waals surface area contributed by atoms with Crippen molar-refractivity contribution < 1.29 is 9.13 Å². The van der Waals surface area contributed by atoms with Gasteiger partial charge in [0.2, 0.25) is 0 Å². The second-order valence-corrected chi connectivity index (χ2v) is 4.80. The minimum Gasteiger partial charge on any atom is -0.496 e. The monoisotopic (exact) mass is 280 g/mol. The molecule has 104 valence electrons. The number of nitriles is 1. The molecule has 0 atom stereocenters. The summed E-state index contributed by atoms with van der Waals surface area (Å²) in [5.41, 5.74) is 2.10. The molecule has 0 aliphatic carbocycles. The molecule has 0 spiro atoms. The quantitative estimate of drug-likeness (QED) is 0.733. The zero-order valence-electron chi connectivity index (χ0n) is 11.5. The van der Waals surface area contributed by atoms with E-state index in [1.165, 1.54) is 12.1 Å². The molecule has 0 unspecified atom stereocenters. The molecule has 0 aliphatic heterocycles. The molecule has 2 aromatic carbocycles. The molecular formula is C17H13FN2O. The number of hydrogen-bond acceptors (Lipinski definition) is 2. The van der Waals surface area contributed by atoms with Crippen molar-refractivity contribution in [2.24, 2.45) is 0 Å². The Bertz CT molecular complexity index is 846. The highest BCUT2D eigenvalue weighted by Crippen LogP contribution is 2.26. The summed E-state index contributed by atoms with van der Waals surface area (Å²) in [5.74, 6) is 0.418. The molecule has 4 heteroatoms. The molecule has 21 heavy (non-hydrogen) atoms. The highest BCUT2D eigenvalue weighted by Gasteiger charge is 2.07. The predicted octanol–water partition coefficient (Wildman–Crippen LogP) is 3.71. The fraction of sp³-hybridized carbons (Fsp3) is 0.118. The highest BCUT2D eigenvalue weighted by molar-refractivity contribution is 5.86. The summed E-state index contributed by atoms with van der Waals surface area (Å²) < 4.78 is 20.8. The van der Waals surface area contributed by atoms with Crippen LogP contribution in [0.5, 0.6) is 5.75 Å². The highest BCUT2D eigenvalue weighted by atomic mass is 19.1. The third-order valence-corrected chi connectivity index (χ3v) is 3.43. The Morgan fingerprint density at radius 2 is 2.10 bits per heavy atom. The zero-order valence-corrected chi connectivity index (χ0v) is 11.5. The number of benzene rings is 2. The number of aromatic nitrogens is 1. The van der Waals surface area contributed by atoms with E-state index < -0.39 is 5.82 Å². The Morgan fingerprint density at radius 3 is 2.86 bits per heavy atom. The van der Waals surface area contributed by atoms with Crippen LogP contribution in [0.1, 0.15) is 11.1 Å². The van der Waals surface area contributed by atoms with Gasteiger partial charge in [0.1, 0.15) is 11.6 Å². The Morgan fingerprint density at radius 1 is 1.24 bits per heavy atom. The van der Waals surface area contributed by atoms with Crippen LogP contribution in [-0.2, 0) is 6.54 Å². The molecule has 0 N–H and O–H groups in total. The van der Waals surface area contributed by atoms with Crippen LogP contribution in [0.15, 0.2) is 48.7 Å². The van der Waals surface area contributed by atoms with Crippen LogP contribution in [0, 0.1) is 17.1 Å². The van der Waals surface area contributed by atoms with Crippen molar-refractivity contribution in [3.05, 3.63) is 65.6 Å². The van der Waals surface area contributed by atoms with Crippen LogP contribution in [0.2, 0.25) is 0 Å². The van der Waals surface area contributed by atoms with Crippen LogP contribution in [0.25, 0.3) is 10.9 Å². The molecule has 0 saturated carbocycles. The minimum atomic E-state index is -0.391. The first-order valence-corrected chi connectivity index (χ1v) is 6.52. The molecule has 3 nitrogen and oxygen atoms in total. The van der Waals surface area contributed by atoms with Gasteiger partial charge in [-0.25, -0.2) is 4.39 Å². The third kappa shape index (κ3) is 2.46. The maximum Gasteiger partial charge on any atom is 0.128 e. The molecule has 3 rings (SSSR count). The van der Waals surface area contributed by atoms with Crippen molar-refractivity contribution in [3.63, 3.8) is 0 Å². The van der Waals surface area contributed by atoms with Gasteiger partial charge < -0.3 is 9.30 Å². The Kier molecular flexibility index (Phi) is 3.33. The van der Waals surface area contributed by atoms with E-state index in [0.717, 1.165) is 22.2 Å². The molecular weight excluding hydrogens is 267 g/mol. The van der Waals surface area contributed by atoms with E-state index in [4.69, 9.17) is 10.00 Å². The summed E-state index contributed by atoms with van der Waals surface area (Å²) in [5, 5.41) is 9.92. The number of nitrogens with zero attached hydrogens (tertiary/aromatic N) is 2. The lowest BCUT2D eigenvalue weighted by Crippen LogP contribution is -1.99. The fourth-order valence-electron chi connectivity index (χ4n) is 2.51. The van der Waals surface area contributed by atoms with Crippen LogP contribution in [0.3, 0.4) is 0 Å². The van der Waals surface area contributed by atoms with E-state index in [-0.39, 0.29) is 0 Å². The van der Waals surface area contributed by atoms with Gasteiger partial charge >= 0.3 is 0 Å². The summed E-state index contributed by atoms with van der Waals surface area (Å²) in [6, 6.07) is 14.2. The van der Waals surface area contributed by atoms with Gasteiger partial charge in [0, 0.05) is 18.1 Å². The van der Waals surface area contributed by atoms with Gasteiger partial charge in [0.25, 0.3) is 0 Å². The van der Waals surface area contributed by atoms with Crippen LogP contribution in [0.4, 0.5) is 4.39 Å². The molecule has 1 heterocycles. The number of fused-ring (bicyclic) bond motifs is 1. The number of halogens is 1. The maximum atomic E-state index is 13.5. The lowest BCUT2D eigenvalue weighted by Gasteiger charge is -2.08. The number of methoxy groups -OCH3 is 1. The second-order valence-electron chi connectivity index (χ2n) is 4.80. The third-order valence-electron chi connectivity index (χ3n) is 3.43. The molecule has 0 bridgehead atoms. The molecule has 0 saturated heterocycles. The summed E-state index contributed by atoms with van der Waals surface area (Å²) >= 11 is 0. The summed E-state index contributed by atoms with van der Waals surface area (Å²) in [7, 11) is 1.64. The first kappa shape index (κ1) is 13.2. The predicted molar refractivity (Wildman–Crippen MR) is 78.7 cm³/mol. The van der Waals surface area contributed by atoms with E-state index in [9.17, 15) is 4.39 Å². The first-order valence-electron chi connectivity index (χ1n) is 6.52.